The zero-order valence-electron chi connectivity index (χ0n) is 13.0. The van der Waals surface area contributed by atoms with E-state index in [2.05, 4.69) is 29.6 Å². The number of benzene rings is 1. The van der Waals surface area contributed by atoms with Gasteiger partial charge in [-0.15, -0.1) is 0 Å². The summed E-state index contributed by atoms with van der Waals surface area (Å²) in [6.07, 6.45) is 13.6. The minimum absolute atomic E-state index is 0.205. The van der Waals surface area contributed by atoms with Crippen LogP contribution in [0, 0.1) is 11.8 Å². The van der Waals surface area contributed by atoms with Crippen molar-refractivity contribution in [3.8, 4) is 0 Å². The number of anilines is 1. The van der Waals surface area contributed by atoms with Crippen LogP contribution in [0.4, 0.5) is 5.69 Å². The van der Waals surface area contributed by atoms with Gasteiger partial charge in [0.05, 0.1) is 4.90 Å². The normalized spacial score (nSPS) is 32.2. The third kappa shape index (κ3) is 2.62. The van der Waals surface area contributed by atoms with E-state index in [9.17, 15) is 8.42 Å². The van der Waals surface area contributed by atoms with Gasteiger partial charge in [0.1, 0.15) is 0 Å². The van der Waals surface area contributed by atoms with E-state index in [0.29, 0.717) is 23.8 Å². The van der Waals surface area contributed by atoms with Crippen molar-refractivity contribution in [2.75, 3.05) is 5.32 Å². The number of allylic oxidation sites excluding steroid dienone is 4. The number of hydrogen-bond acceptors (Lipinski definition) is 3. The van der Waals surface area contributed by atoms with E-state index < -0.39 is 10.0 Å². The summed E-state index contributed by atoms with van der Waals surface area (Å²) >= 11 is 0. The second-order valence-electron chi connectivity index (χ2n) is 6.86. The fourth-order valence-electron chi connectivity index (χ4n) is 4.40. The Bertz CT molecular complexity index is 782. The first kappa shape index (κ1) is 15.0. The van der Waals surface area contributed by atoms with Crippen molar-refractivity contribution in [3.63, 3.8) is 0 Å². The molecule has 0 bridgehead atoms. The van der Waals surface area contributed by atoms with Gasteiger partial charge in [-0.05, 0) is 61.3 Å². The topological polar surface area (TPSA) is 72.2 Å². The molecule has 0 saturated carbocycles. The Morgan fingerprint density at radius 2 is 2.00 bits per heavy atom. The molecule has 4 atom stereocenters. The van der Waals surface area contributed by atoms with Gasteiger partial charge < -0.3 is 5.32 Å². The lowest BCUT2D eigenvalue weighted by atomic mass is 9.72. The quantitative estimate of drug-likeness (QED) is 0.818. The number of sulfonamides is 1. The number of fused-ring (bicyclic) bond motifs is 3. The van der Waals surface area contributed by atoms with Crippen molar-refractivity contribution in [2.45, 2.75) is 42.5 Å². The highest BCUT2D eigenvalue weighted by Gasteiger charge is 2.40. The number of rotatable bonds is 2. The highest BCUT2D eigenvalue weighted by Crippen LogP contribution is 2.48. The van der Waals surface area contributed by atoms with Gasteiger partial charge in [-0.2, -0.15) is 0 Å². The molecule has 3 N–H and O–H groups in total. The molecule has 0 aromatic heterocycles. The molecule has 1 heterocycles. The summed E-state index contributed by atoms with van der Waals surface area (Å²) in [5.41, 5.74) is 2.13. The van der Waals surface area contributed by atoms with E-state index in [1.54, 1.807) is 12.1 Å². The van der Waals surface area contributed by atoms with E-state index in [0.717, 1.165) is 30.5 Å². The van der Waals surface area contributed by atoms with E-state index >= 15 is 0 Å². The predicted molar refractivity (Wildman–Crippen MR) is 91.7 cm³/mol. The van der Waals surface area contributed by atoms with E-state index in [4.69, 9.17) is 5.14 Å². The van der Waals surface area contributed by atoms with E-state index in [1.807, 2.05) is 6.07 Å². The molecule has 1 aromatic rings. The average molecular weight is 330 g/mol. The zero-order chi connectivity index (χ0) is 16.0. The first-order valence-electron chi connectivity index (χ1n) is 8.29. The molecule has 0 saturated heterocycles. The van der Waals surface area contributed by atoms with Crippen LogP contribution in [0.3, 0.4) is 0 Å². The average Bonchev–Trinajstić information content (AvgIpc) is 3.03. The molecule has 0 amide bonds. The minimum Gasteiger partial charge on any atom is -0.381 e. The number of nitrogens with one attached hydrogen (secondary N) is 1. The lowest BCUT2D eigenvalue weighted by molar-refractivity contribution is 0.294. The van der Waals surface area contributed by atoms with Crippen molar-refractivity contribution in [1.82, 2.24) is 0 Å². The van der Waals surface area contributed by atoms with Gasteiger partial charge in [0, 0.05) is 17.6 Å². The lowest BCUT2D eigenvalue weighted by Gasteiger charge is -2.42. The van der Waals surface area contributed by atoms with Crippen molar-refractivity contribution in [2.24, 2.45) is 17.0 Å². The summed E-state index contributed by atoms with van der Waals surface area (Å²) in [7, 11) is -3.66. The largest absolute Gasteiger partial charge is 0.381 e. The van der Waals surface area contributed by atoms with Crippen LogP contribution in [-0.2, 0) is 10.0 Å². The molecule has 122 valence electrons. The maximum atomic E-state index is 11.7. The van der Waals surface area contributed by atoms with Crippen LogP contribution in [0.1, 0.15) is 37.2 Å². The molecule has 3 aliphatic rings. The Hall–Kier alpha value is -1.59. The zero-order valence-corrected chi connectivity index (χ0v) is 13.8. The summed E-state index contributed by atoms with van der Waals surface area (Å²) in [5.74, 6) is 1.46. The molecule has 1 aromatic carbocycles. The Morgan fingerprint density at radius 1 is 1.13 bits per heavy atom. The molecule has 1 aliphatic heterocycles. The Morgan fingerprint density at radius 3 is 2.74 bits per heavy atom. The SMILES string of the molecule is NS(=O)(=O)c1ccc2c(c1)[C@@H]1C=CC[C@@H]1[C@H]([C@@H]1CC=CCC1)N2. The van der Waals surface area contributed by atoms with Gasteiger partial charge in [-0.1, -0.05) is 24.3 Å². The van der Waals surface area contributed by atoms with Crippen molar-refractivity contribution >= 4 is 15.7 Å². The Labute approximate surface area is 137 Å². The van der Waals surface area contributed by atoms with Gasteiger partial charge in [-0.3, -0.25) is 0 Å². The van der Waals surface area contributed by atoms with E-state index in [1.165, 1.54) is 6.42 Å². The molecule has 4 nitrogen and oxygen atoms in total. The van der Waals surface area contributed by atoms with Gasteiger partial charge >= 0.3 is 0 Å². The van der Waals surface area contributed by atoms with Gasteiger partial charge in [0.2, 0.25) is 10.0 Å². The molecule has 0 fully saturated rings. The monoisotopic (exact) mass is 330 g/mol. The minimum atomic E-state index is -3.66. The highest BCUT2D eigenvalue weighted by molar-refractivity contribution is 7.89. The molecule has 0 radical (unpaired) electrons. The molecule has 4 rings (SSSR count). The molecule has 2 aliphatic carbocycles. The summed E-state index contributed by atoms with van der Waals surface area (Å²) in [5, 5.41) is 9.00. The number of hydrogen-bond donors (Lipinski definition) is 2. The Kier molecular flexibility index (Phi) is 3.58. The van der Waals surface area contributed by atoms with Crippen molar-refractivity contribution in [1.29, 1.82) is 0 Å². The molecular formula is C18H22N2O2S. The first-order chi connectivity index (χ1) is 11.0. The fourth-order valence-corrected chi connectivity index (χ4v) is 4.95. The Balaban J connectivity index is 1.73. The summed E-state index contributed by atoms with van der Waals surface area (Å²) in [6.45, 7) is 0. The van der Waals surface area contributed by atoms with Crippen LogP contribution in [0.2, 0.25) is 0 Å². The van der Waals surface area contributed by atoms with Gasteiger partial charge in [-0.25, -0.2) is 13.6 Å². The smallest absolute Gasteiger partial charge is 0.238 e. The number of nitrogens with two attached hydrogens (primary N) is 1. The highest BCUT2D eigenvalue weighted by atomic mass is 32.2. The molecule has 5 heteroatoms. The van der Waals surface area contributed by atoms with Crippen LogP contribution in [0.25, 0.3) is 0 Å². The van der Waals surface area contributed by atoms with Crippen LogP contribution in [0.15, 0.2) is 47.4 Å². The molecular weight excluding hydrogens is 308 g/mol. The second kappa shape index (κ2) is 5.49. The molecule has 0 unspecified atom stereocenters. The molecule has 0 spiro atoms. The van der Waals surface area contributed by atoms with Crippen LogP contribution in [-0.4, -0.2) is 14.5 Å². The third-order valence-corrected chi connectivity index (χ3v) is 6.44. The standard InChI is InChI=1S/C18H22N2O2S/c19-23(21,22)13-9-10-17-16(11-13)14-7-4-8-15(14)18(20-17)12-5-2-1-3-6-12/h1-2,4,7,9-12,14-15,18,20H,3,5-6,8H2,(H2,19,21,22)/t12-,14-,15+,18+/m1/s1. The molecule has 23 heavy (non-hydrogen) atoms. The maximum Gasteiger partial charge on any atom is 0.238 e. The lowest BCUT2D eigenvalue weighted by Crippen LogP contribution is -2.41. The van der Waals surface area contributed by atoms with Crippen LogP contribution >= 0.6 is 0 Å². The van der Waals surface area contributed by atoms with Crippen molar-refractivity contribution < 1.29 is 8.42 Å². The maximum absolute atomic E-state index is 11.7. The first-order valence-corrected chi connectivity index (χ1v) is 9.83. The van der Waals surface area contributed by atoms with Crippen LogP contribution in [0.5, 0.6) is 0 Å². The van der Waals surface area contributed by atoms with Gasteiger partial charge in [0.25, 0.3) is 0 Å². The second-order valence-corrected chi connectivity index (χ2v) is 8.42. The predicted octanol–water partition coefficient (Wildman–Crippen LogP) is 3.14. The fraction of sp³-hybridized carbons (Fsp3) is 0.444. The summed E-state index contributed by atoms with van der Waals surface area (Å²) < 4.78 is 23.3. The number of primary sulfonamides is 1. The van der Waals surface area contributed by atoms with Gasteiger partial charge in [0.15, 0.2) is 0 Å². The third-order valence-electron chi connectivity index (χ3n) is 5.52. The van der Waals surface area contributed by atoms with Crippen molar-refractivity contribution in [3.05, 3.63) is 48.1 Å². The summed E-state index contributed by atoms with van der Waals surface area (Å²) in [6, 6.07) is 5.69. The van der Waals surface area contributed by atoms with Crippen LogP contribution < -0.4 is 10.5 Å². The van der Waals surface area contributed by atoms with E-state index in [-0.39, 0.29) is 4.90 Å². The summed E-state index contributed by atoms with van der Waals surface area (Å²) in [4.78, 5) is 0.205.